The highest BCUT2D eigenvalue weighted by molar-refractivity contribution is 6.69. The number of hydrogen-bond donors (Lipinski definition) is 2. The first-order valence-corrected chi connectivity index (χ1v) is 6.20. The van der Waals surface area contributed by atoms with Crippen LogP contribution in [-0.4, -0.2) is 34.4 Å². The number of carbonyl (C=O) groups is 2. The highest BCUT2D eigenvalue weighted by atomic mass is 35.5. The lowest BCUT2D eigenvalue weighted by molar-refractivity contribution is -0.159. The molecule has 19 heavy (non-hydrogen) atoms. The summed E-state index contributed by atoms with van der Waals surface area (Å²) in [5, 5.41) is 18.9. The summed E-state index contributed by atoms with van der Waals surface area (Å²) in [5.74, 6) is -3.65. The molecule has 0 aliphatic rings. The van der Waals surface area contributed by atoms with Crippen LogP contribution in [-0.2, 0) is 14.4 Å². The molecule has 0 aromatic carbocycles. The Morgan fingerprint density at radius 2 is 1.79 bits per heavy atom. The second kappa shape index (κ2) is 12.9. The lowest BCUT2D eigenvalue weighted by Crippen LogP contribution is -2.09. The lowest BCUT2D eigenvalue weighted by Gasteiger charge is -2.00. The Labute approximate surface area is 117 Å². The van der Waals surface area contributed by atoms with Crippen molar-refractivity contribution >= 4 is 28.7 Å². The Morgan fingerprint density at radius 1 is 1.26 bits per heavy atom. The van der Waals surface area contributed by atoms with Gasteiger partial charge in [0.15, 0.2) is 5.17 Å². The molecular formula is C12H20ClNO5. The van der Waals surface area contributed by atoms with Crippen LogP contribution in [0.4, 0.5) is 0 Å². The van der Waals surface area contributed by atoms with Crippen molar-refractivity contribution < 1.29 is 24.6 Å². The normalized spacial score (nSPS) is 11.4. The van der Waals surface area contributed by atoms with Crippen LogP contribution in [0, 0.1) is 0 Å². The average Bonchev–Trinajstić information content (AvgIpc) is 2.35. The third-order valence-electron chi connectivity index (χ3n) is 1.95. The van der Waals surface area contributed by atoms with E-state index in [-0.39, 0.29) is 0 Å². The quantitative estimate of drug-likeness (QED) is 0.340. The fourth-order valence-electron chi connectivity index (χ4n) is 0.994. The molecule has 0 aromatic heterocycles. The van der Waals surface area contributed by atoms with Gasteiger partial charge in [0.1, 0.15) is 7.11 Å². The fourth-order valence-corrected chi connectivity index (χ4v) is 1.27. The second-order valence-corrected chi connectivity index (χ2v) is 3.76. The fraction of sp³-hybridized carbons (Fsp3) is 0.583. The standard InChI is InChI=1S/C10H18ClNO.C2H2O4/c1-4-6-7-8-9(5-2)10(11)12-13-3;3-1(4)2(5)6/h8H,4-7H2,1-3H3;(H,3,4)(H,5,6). The zero-order valence-corrected chi connectivity index (χ0v) is 12.1. The molecule has 0 amide bonds. The first-order chi connectivity index (χ1) is 8.90. The first-order valence-electron chi connectivity index (χ1n) is 5.82. The van der Waals surface area contributed by atoms with Gasteiger partial charge in [0.05, 0.1) is 0 Å². The molecule has 6 nitrogen and oxygen atoms in total. The molecular weight excluding hydrogens is 274 g/mol. The van der Waals surface area contributed by atoms with E-state index in [1.807, 2.05) is 0 Å². The van der Waals surface area contributed by atoms with Crippen molar-refractivity contribution in [2.24, 2.45) is 5.16 Å². The van der Waals surface area contributed by atoms with E-state index in [1.165, 1.54) is 20.0 Å². The van der Waals surface area contributed by atoms with Crippen LogP contribution in [0.25, 0.3) is 0 Å². The van der Waals surface area contributed by atoms with Gasteiger partial charge in [-0.1, -0.05) is 49.5 Å². The largest absolute Gasteiger partial charge is 0.473 e. The molecule has 0 aliphatic heterocycles. The number of carboxylic acid groups (broad SMARTS) is 2. The van der Waals surface area contributed by atoms with E-state index in [1.54, 1.807) is 0 Å². The number of carboxylic acids is 2. The molecule has 0 aliphatic carbocycles. The van der Waals surface area contributed by atoms with Crippen molar-refractivity contribution in [3.63, 3.8) is 0 Å². The summed E-state index contributed by atoms with van der Waals surface area (Å²) >= 11 is 5.88. The van der Waals surface area contributed by atoms with Crippen molar-refractivity contribution in [3.05, 3.63) is 11.6 Å². The Morgan fingerprint density at radius 3 is 2.11 bits per heavy atom. The molecule has 0 saturated heterocycles. The van der Waals surface area contributed by atoms with Gasteiger partial charge >= 0.3 is 11.9 Å². The predicted octanol–water partition coefficient (Wildman–Crippen LogP) is 2.87. The average molecular weight is 294 g/mol. The van der Waals surface area contributed by atoms with E-state index in [0.717, 1.165) is 18.4 Å². The van der Waals surface area contributed by atoms with Gasteiger partial charge in [-0.3, -0.25) is 0 Å². The molecule has 0 atom stereocenters. The topological polar surface area (TPSA) is 96.2 Å². The Bertz CT molecular complexity index is 327. The minimum absolute atomic E-state index is 0.473. The van der Waals surface area contributed by atoms with Crippen molar-refractivity contribution in [2.75, 3.05) is 7.11 Å². The summed E-state index contributed by atoms with van der Waals surface area (Å²) in [6.45, 7) is 4.23. The van der Waals surface area contributed by atoms with Gasteiger partial charge in [-0.15, -0.1) is 0 Å². The van der Waals surface area contributed by atoms with Crippen molar-refractivity contribution in [3.8, 4) is 0 Å². The molecule has 110 valence electrons. The van der Waals surface area contributed by atoms with Gasteiger partial charge < -0.3 is 15.1 Å². The first kappa shape index (κ1) is 19.8. The SMILES string of the molecule is CCCCC=C(CC)C(Cl)=NOC.O=C(O)C(=O)O. The van der Waals surface area contributed by atoms with Crippen LogP contribution in [0.5, 0.6) is 0 Å². The number of unbranched alkanes of at least 4 members (excludes halogenated alkanes) is 2. The minimum atomic E-state index is -1.82. The summed E-state index contributed by atoms with van der Waals surface area (Å²) in [5.41, 5.74) is 1.07. The van der Waals surface area contributed by atoms with Gasteiger partial charge in [0.25, 0.3) is 0 Å². The van der Waals surface area contributed by atoms with Gasteiger partial charge in [-0.25, -0.2) is 9.59 Å². The number of rotatable bonds is 6. The molecule has 2 N–H and O–H groups in total. The van der Waals surface area contributed by atoms with E-state index in [0.29, 0.717) is 5.17 Å². The van der Waals surface area contributed by atoms with Crippen LogP contribution in [0.15, 0.2) is 16.8 Å². The van der Waals surface area contributed by atoms with Crippen LogP contribution < -0.4 is 0 Å². The van der Waals surface area contributed by atoms with Gasteiger partial charge in [-0.05, 0) is 18.4 Å². The predicted molar refractivity (Wildman–Crippen MR) is 73.5 cm³/mol. The van der Waals surface area contributed by atoms with Crippen molar-refractivity contribution in [1.29, 1.82) is 0 Å². The summed E-state index contributed by atoms with van der Waals surface area (Å²) in [4.78, 5) is 22.8. The van der Waals surface area contributed by atoms with Crippen LogP contribution in [0.3, 0.4) is 0 Å². The van der Waals surface area contributed by atoms with E-state index < -0.39 is 11.9 Å². The van der Waals surface area contributed by atoms with Crippen LogP contribution in [0.1, 0.15) is 39.5 Å². The molecule has 0 rings (SSSR count). The Balaban J connectivity index is 0. The molecule has 0 saturated carbocycles. The van der Waals surface area contributed by atoms with Crippen molar-refractivity contribution in [2.45, 2.75) is 39.5 Å². The van der Waals surface area contributed by atoms with E-state index in [9.17, 15) is 0 Å². The molecule has 7 heteroatoms. The Kier molecular flexibility index (Phi) is 13.4. The van der Waals surface area contributed by atoms with Crippen LogP contribution in [0.2, 0.25) is 0 Å². The van der Waals surface area contributed by atoms with Gasteiger partial charge in [0, 0.05) is 0 Å². The molecule has 0 radical (unpaired) electrons. The number of hydrogen-bond acceptors (Lipinski definition) is 4. The third-order valence-corrected chi connectivity index (χ3v) is 2.26. The highest BCUT2D eigenvalue weighted by Crippen LogP contribution is 2.10. The van der Waals surface area contributed by atoms with E-state index >= 15 is 0 Å². The van der Waals surface area contributed by atoms with Gasteiger partial charge in [0.2, 0.25) is 0 Å². The number of halogens is 1. The molecule has 0 fully saturated rings. The highest BCUT2D eigenvalue weighted by Gasteiger charge is 2.04. The molecule has 0 spiro atoms. The van der Waals surface area contributed by atoms with E-state index in [4.69, 9.17) is 31.4 Å². The maximum atomic E-state index is 9.10. The third kappa shape index (κ3) is 12.7. The maximum absolute atomic E-state index is 9.10. The van der Waals surface area contributed by atoms with Crippen molar-refractivity contribution in [1.82, 2.24) is 0 Å². The summed E-state index contributed by atoms with van der Waals surface area (Å²) in [6, 6.07) is 0. The lowest BCUT2D eigenvalue weighted by atomic mass is 10.1. The summed E-state index contributed by atoms with van der Waals surface area (Å²) < 4.78 is 0. The molecule has 0 heterocycles. The smallest absolute Gasteiger partial charge is 0.414 e. The Hall–Kier alpha value is -1.56. The zero-order valence-electron chi connectivity index (χ0n) is 11.4. The number of allylic oxidation sites excluding steroid dienone is 2. The number of nitrogens with zero attached hydrogens (tertiary/aromatic N) is 1. The summed E-state index contributed by atoms with van der Waals surface area (Å²) in [6.07, 6.45) is 6.49. The molecule has 0 bridgehead atoms. The monoisotopic (exact) mass is 293 g/mol. The molecule has 0 aromatic rings. The number of oxime groups is 1. The van der Waals surface area contributed by atoms with E-state index in [2.05, 4.69) is 29.9 Å². The zero-order chi connectivity index (χ0) is 15.3. The molecule has 0 unspecified atom stereocenters. The van der Waals surface area contributed by atoms with Gasteiger partial charge in [-0.2, -0.15) is 0 Å². The maximum Gasteiger partial charge on any atom is 0.414 e. The van der Waals surface area contributed by atoms with Crippen LogP contribution >= 0.6 is 11.6 Å². The second-order valence-electron chi connectivity index (χ2n) is 3.40. The minimum Gasteiger partial charge on any atom is -0.473 e. The number of aliphatic carboxylic acids is 2. The summed E-state index contributed by atoms with van der Waals surface area (Å²) in [7, 11) is 1.50.